The molecule has 0 aromatic heterocycles. The van der Waals surface area contributed by atoms with Gasteiger partial charge in [-0.15, -0.1) is 0 Å². The molecule has 2 fully saturated rings. The van der Waals surface area contributed by atoms with Gasteiger partial charge in [-0.2, -0.15) is 0 Å². The summed E-state index contributed by atoms with van der Waals surface area (Å²) in [5.74, 6) is 1.93. The Hall–Kier alpha value is 0.110. The molecule has 5 atom stereocenters. The van der Waals surface area contributed by atoms with E-state index < -0.39 is 7.82 Å². The summed E-state index contributed by atoms with van der Waals surface area (Å²) in [6, 6.07) is 0. The third-order valence-electron chi connectivity index (χ3n) is 8.38. The smallest absolute Gasteiger partial charge is 0.303 e. The van der Waals surface area contributed by atoms with Gasteiger partial charge in [0.2, 0.25) is 0 Å². The lowest BCUT2D eigenvalue weighted by Gasteiger charge is -2.56. The first-order valence-electron chi connectivity index (χ1n) is 10.5. The Morgan fingerprint density at radius 2 is 1.73 bits per heavy atom. The van der Waals surface area contributed by atoms with Gasteiger partial charge < -0.3 is 9.79 Å². The van der Waals surface area contributed by atoms with Crippen LogP contribution in [-0.2, 0) is 9.09 Å². The van der Waals surface area contributed by atoms with Crippen LogP contribution in [0.1, 0.15) is 92.9 Å². The molecule has 2 rings (SSSR count). The fourth-order valence-corrected chi connectivity index (χ4v) is 6.88. The van der Waals surface area contributed by atoms with Crippen LogP contribution in [0.15, 0.2) is 0 Å². The third-order valence-corrected chi connectivity index (χ3v) is 8.85. The Labute approximate surface area is 160 Å². The predicted octanol–water partition coefficient (Wildman–Crippen LogP) is 6.17. The monoisotopic (exact) mass is 388 g/mol. The number of hydrogen-bond acceptors (Lipinski definition) is 2. The largest absolute Gasteiger partial charge is 0.469 e. The van der Waals surface area contributed by atoms with Crippen LogP contribution in [0, 0.1) is 34.0 Å². The van der Waals surface area contributed by atoms with E-state index in [0.717, 1.165) is 25.2 Å². The molecule has 0 aromatic rings. The summed E-state index contributed by atoms with van der Waals surface area (Å²) in [5, 5.41) is 0. The highest BCUT2D eigenvalue weighted by atomic mass is 31.2. The predicted molar refractivity (Wildman–Crippen MR) is 107 cm³/mol. The van der Waals surface area contributed by atoms with Crippen molar-refractivity contribution in [2.45, 2.75) is 92.9 Å². The molecule has 26 heavy (non-hydrogen) atoms. The molecule has 4 nitrogen and oxygen atoms in total. The lowest BCUT2D eigenvalue weighted by molar-refractivity contribution is -0.0866. The Morgan fingerprint density at radius 1 is 1.08 bits per heavy atom. The molecule has 154 valence electrons. The van der Waals surface area contributed by atoms with Crippen molar-refractivity contribution in [1.29, 1.82) is 0 Å². The van der Waals surface area contributed by atoms with Gasteiger partial charge in [-0.3, -0.25) is 4.52 Å². The van der Waals surface area contributed by atoms with Crippen molar-refractivity contribution in [3.8, 4) is 0 Å². The van der Waals surface area contributed by atoms with E-state index in [1.165, 1.54) is 32.1 Å². The van der Waals surface area contributed by atoms with E-state index in [1.54, 1.807) is 0 Å². The van der Waals surface area contributed by atoms with Gasteiger partial charge in [0.25, 0.3) is 0 Å². The van der Waals surface area contributed by atoms with E-state index in [1.807, 2.05) is 0 Å². The van der Waals surface area contributed by atoms with E-state index in [-0.39, 0.29) is 17.4 Å². The van der Waals surface area contributed by atoms with Crippen LogP contribution in [0.4, 0.5) is 0 Å². The zero-order chi connectivity index (χ0) is 19.8. The minimum absolute atomic E-state index is 0.135. The molecule has 2 aliphatic rings. The second-order valence-corrected chi connectivity index (χ2v) is 11.7. The number of phosphoric ester groups is 1. The molecule has 0 aliphatic heterocycles. The summed E-state index contributed by atoms with van der Waals surface area (Å²) in [6.07, 6.45) is 9.63. The summed E-state index contributed by atoms with van der Waals surface area (Å²) in [7, 11) is -4.41. The summed E-state index contributed by atoms with van der Waals surface area (Å²) >= 11 is 0. The minimum Gasteiger partial charge on any atom is -0.303 e. The van der Waals surface area contributed by atoms with Gasteiger partial charge in [0.1, 0.15) is 0 Å². The van der Waals surface area contributed by atoms with Crippen LogP contribution in [0.3, 0.4) is 0 Å². The third kappa shape index (κ3) is 4.40. The molecule has 0 radical (unpaired) electrons. The van der Waals surface area contributed by atoms with Crippen LogP contribution in [0.5, 0.6) is 0 Å². The fraction of sp³-hybridized carbons (Fsp3) is 1.00. The van der Waals surface area contributed by atoms with Crippen molar-refractivity contribution < 1.29 is 18.9 Å². The lowest BCUT2D eigenvalue weighted by atomic mass is 9.49. The van der Waals surface area contributed by atoms with Gasteiger partial charge in [-0.25, -0.2) is 4.57 Å². The maximum atomic E-state index is 11.3. The summed E-state index contributed by atoms with van der Waals surface area (Å²) in [5.41, 5.74) is 0.400. The van der Waals surface area contributed by atoms with Crippen molar-refractivity contribution in [2.24, 2.45) is 34.0 Å². The normalized spacial score (nSPS) is 39.2. The Kier molecular flexibility index (Phi) is 6.77. The molecular formula is C21H41O4P. The highest BCUT2D eigenvalue weighted by molar-refractivity contribution is 7.46. The van der Waals surface area contributed by atoms with Crippen molar-refractivity contribution in [2.75, 3.05) is 6.61 Å². The molecule has 5 heteroatoms. The summed E-state index contributed by atoms with van der Waals surface area (Å²) in [4.78, 5) is 18.4. The molecule has 0 spiro atoms. The molecule has 0 heterocycles. The molecule has 2 aliphatic carbocycles. The van der Waals surface area contributed by atoms with E-state index in [2.05, 4.69) is 41.5 Å². The maximum Gasteiger partial charge on any atom is 0.469 e. The molecular weight excluding hydrogens is 347 g/mol. The molecule has 1 unspecified atom stereocenters. The van der Waals surface area contributed by atoms with Gasteiger partial charge in [-0.1, -0.05) is 67.2 Å². The SMILES string of the molecule is CC(C)CCC[C@@H](C)[C@@]1(C)CCC2[C@@](C)(COP(=O)(O)O)CCC[C@@]21C. The van der Waals surface area contributed by atoms with E-state index in [9.17, 15) is 14.4 Å². The second-order valence-electron chi connectivity index (χ2n) is 10.4. The highest BCUT2D eigenvalue weighted by Crippen LogP contribution is 2.69. The number of fused-ring (bicyclic) bond motifs is 1. The average molecular weight is 389 g/mol. The van der Waals surface area contributed by atoms with Gasteiger partial charge in [0.15, 0.2) is 0 Å². The Morgan fingerprint density at radius 3 is 2.31 bits per heavy atom. The number of rotatable bonds is 8. The van der Waals surface area contributed by atoms with Crippen LogP contribution in [0.25, 0.3) is 0 Å². The second kappa shape index (κ2) is 7.85. The van der Waals surface area contributed by atoms with E-state index >= 15 is 0 Å². The molecule has 0 bridgehead atoms. The number of hydrogen-bond donors (Lipinski definition) is 2. The van der Waals surface area contributed by atoms with Crippen LogP contribution in [-0.4, -0.2) is 16.4 Å². The Bertz CT molecular complexity index is 530. The molecule has 2 saturated carbocycles. The standard InChI is InChI=1S/C21H41O4P/c1-16(2)9-7-10-17(3)20(5)14-11-18-19(4,15-25-26(22,23)24)12-8-13-21(18,20)6/h16-18H,7-15H2,1-6H3,(H2,22,23,24)/t17-,18?,19-,20-,21+/m1/s1. The van der Waals surface area contributed by atoms with Crippen molar-refractivity contribution in [3.05, 3.63) is 0 Å². The minimum atomic E-state index is -4.41. The van der Waals surface area contributed by atoms with Crippen molar-refractivity contribution in [3.63, 3.8) is 0 Å². The van der Waals surface area contributed by atoms with Crippen molar-refractivity contribution in [1.82, 2.24) is 0 Å². The first kappa shape index (κ1) is 22.4. The zero-order valence-electron chi connectivity index (χ0n) is 17.8. The zero-order valence-corrected chi connectivity index (χ0v) is 18.6. The van der Waals surface area contributed by atoms with Crippen molar-refractivity contribution >= 4 is 7.82 Å². The highest BCUT2D eigenvalue weighted by Gasteiger charge is 2.62. The topological polar surface area (TPSA) is 66.8 Å². The summed E-state index contributed by atoms with van der Waals surface area (Å²) < 4.78 is 16.3. The van der Waals surface area contributed by atoms with Crippen LogP contribution in [0.2, 0.25) is 0 Å². The first-order chi connectivity index (χ1) is 11.8. The summed E-state index contributed by atoms with van der Waals surface area (Å²) in [6.45, 7) is 14.3. The maximum absolute atomic E-state index is 11.3. The molecule has 0 saturated heterocycles. The number of phosphoric acid groups is 1. The van der Waals surface area contributed by atoms with Gasteiger partial charge in [-0.05, 0) is 59.7 Å². The van der Waals surface area contributed by atoms with E-state index in [4.69, 9.17) is 4.52 Å². The lowest BCUT2D eigenvalue weighted by Crippen LogP contribution is -2.50. The Balaban J connectivity index is 2.15. The van der Waals surface area contributed by atoms with Crippen LogP contribution < -0.4 is 0 Å². The quantitative estimate of drug-likeness (QED) is 0.488. The average Bonchev–Trinajstić information content (AvgIpc) is 2.79. The van der Waals surface area contributed by atoms with E-state index in [0.29, 0.717) is 17.3 Å². The van der Waals surface area contributed by atoms with Gasteiger partial charge in [0, 0.05) is 0 Å². The molecule has 2 N–H and O–H groups in total. The fourth-order valence-electron chi connectivity index (χ4n) is 6.42. The molecule has 0 aromatic carbocycles. The van der Waals surface area contributed by atoms with Crippen LogP contribution >= 0.6 is 7.82 Å². The van der Waals surface area contributed by atoms with Gasteiger partial charge >= 0.3 is 7.82 Å². The molecule has 0 amide bonds. The first-order valence-corrected chi connectivity index (χ1v) is 12.1. The van der Waals surface area contributed by atoms with Gasteiger partial charge in [0.05, 0.1) is 6.61 Å².